The van der Waals surface area contributed by atoms with Gasteiger partial charge in [-0.15, -0.1) is 0 Å². The molecule has 0 saturated carbocycles. The van der Waals surface area contributed by atoms with Gasteiger partial charge in [-0.05, 0) is 18.2 Å². The molecule has 0 aliphatic carbocycles. The lowest BCUT2D eigenvalue weighted by atomic mass is 10.1. The monoisotopic (exact) mass is 356 g/mol. The van der Waals surface area contributed by atoms with Crippen molar-refractivity contribution in [2.45, 2.75) is 11.5 Å². The van der Waals surface area contributed by atoms with Crippen LogP contribution in [-0.4, -0.2) is 0 Å². The largest absolute Gasteiger partial charge is 0.460 e. The van der Waals surface area contributed by atoms with Gasteiger partial charge >= 0.3 is 6.18 Å². The van der Waals surface area contributed by atoms with Crippen LogP contribution in [0.25, 0.3) is 11.0 Å². The zero-order chi connectivity index (χ0) is 11.9. The first-order valence-electron chi connectivity index (χ1n) is 4.27. The first kappa shape index (κ1) is 12.0. The summed E-state index contributed by atoms with van der Waals surface area (Å²) in [5, 5.41) is 1.11. The summed E-state index contributed by atoms with van der Waals surface area (Å²) in [6, 6.07) is 3.76. The molecule has 86 valence electrons. The minimum absolute atomic E-state index is 0.233. The molecule has 0 unspecified atom stereocenters. The minimum Gasteiger partial charge on any atom is -0.460 e. The average Bonchev–Trinajstić information content (AvgIpc) is 2.59. The van der Waals surface area contributed by atoms with Gasteiger partial charge in [-0.2, -0.15) is 13.2 Å². The summed E-state index contributed by atoms with van der Waals surface area (Å²) in [6.07, 6.45) is -4.36. The molecule has 1 nitrogen and oxygen atoms in total. The van der Waals surface area contributed by atoms with Gasteiger partial charge in [0.25, 0.3) is 0 Å². The molecule has 1 aromatic heterocycles. The van der Waals surface area contributed by atoms with Crippen molar-refractivity contribution in [2.24, 2.45) is 0 Å². The van der Waals surface area contributed by atoms with Crippen molar-refractivity contribution in [3.63, 3.8) is 0 Å². The lowest BCUT2D eigenvalue weighted by molar-refractivity contribution is -0.137. The Kier molecular flexibility index (Phi) is 3.05. The predicted molar refractivity (Wildman–Crippen MR) is 61.5 cm³/mol. The molecule has 2 aromatic rings. The Labute approximate surface area is 106 Å². The van der Waals surface area contributed by atoms with Gasteiger partial charge in [0.1, 0.15) is 11.3 Å². The Morgan fingerprint density at radius 3 is 2.44 bits per heavy atom. The Bertz CT molecular complexity index is 531. The number of hydrogen-bond acceptors (Lipinski definition) is 1. The van der Waals surface area contributed by atoms with E-state index < -0.39 is 11.7 Å². The van der Waals surface area contributed by atoms with Crippen molar-refractivity contribution in [3.05, 3.63) is 34.0 Å². The molecule has 0 radical (unpaired) electrons. The molecule has 0 bridgehead atoms. The predicted octanol–water partition coefficient (Wildman–Crippen LogP) is 5.11. The van der Waals surface area contributed by atoms with Crippen LogP contribution in [0.4, 0.5) is 13.2 Å². The Hall–Kier alpha value is -0.490. The quantitative estimate of drug-likeness (QED) is 0.646. The molecule has 16 heavy (non-hydrogen) atoms. The van der Waals surface area contributed by atoms with E-state index in [9.17, 15) is 13.2 Å². The number of fused-ring (bicyclic) bond motifs is 1. The van der Waals surface area contributed by atoms with Gasteiger partial charge in [0.2, 0.25) is 0 Å². The van der Waals surface area contributed by atoms with Crippen LogP contribution >= 0.6 is 31.9 Å². The van der Waals surface area contributed by atoms with Crippen molar-refractivity contribution in [1.82, 2.24) is 0 Å². The van der Waals surface area contributed by atoms with E-state index in [-0.39, 0.29) is 5.58 Å². The molecule has 0 spiro atoms. The van der Waals surface area contributed by atoms with Crippen molar-refractivity contribution in [1.29, 1.82) is 0 Å². The van der Waals surface area contributed by atoms with Gasteiger partial charge in [-0.25, -0.2) is 0 Å². The lowest BCUT2D eigenvalue weighted by Crippen LogP contribution is -2.04. The molecule has 2 rings (SSSR count). The van der Waals surface area contributed by atoms with Crippen LogP contribution in [0.3, 0.4) is 0 Å². The number of halogens is 5. The van der Waals surface area contributed by atoms with E-state index in [1.807, 2.05) is 0 Å². The average molecular weight is 358 g/mol. The van der Waals surface area contributed by atoms with Crippen LogP contribution in [-0.2, 0) is 11.5 Å². The van der Waals surface area contributed by atoms with Crippen molar-refractivity contribution < 1.29 is 17.6 Å². The van der Waals surface area contributed by atoms with Gasteiger partial charge < -0.3 is 4.42 Å². The van der Waals surface area contributed by atoms with Gasteiger partial charge in [-0.3, -0.25) is 0 Å². The second-order valence-electron chi connectivity index (χ2n) is 3.21. The van der Waals surface area contributed by atoms with Gasteiger partial charge in [0.15, 0.2) is 0 Å². The molecule has 0 aliphatic rings. The van der Waals surface area contributed by atoms with Crippen LogP contribution in [0.15, 0.2) is 27.1 Å². The number of hydrogen-bond donors (Lipinski definition) is 0. The third kappa shape index (κ3) is 2.13. The fourth-order valence-electron chi connectivity index (χ4n) is 1.38. The first-order chi connectivity index (χ1) is 7.41. The molecular weight excluding hydrogens is 353 g/mol. The van der Waals surface area contributed by atoms with E-state index in [1.165, 1.54) is 0 Å². The Morgan fingerprint density at radius 2 is 1.88 bits per heavy atom. The number of rotatable bonds is 1. The van der Waals surface area contributed by atoms with Crippen molar-refractivity contribution in [3.8, 4) is 0 Å². The first-order valence-corrected chi connectivity index (χ1v) is 6.18. The Morgan fingerprint density at radius 1 is 1.19 bits per heavy atom. The molecule has 0 atom stereocenters. The summed E-state index contributed by atoms with van der Waals surface area (Å²) in [5.41, 5.74) is -0.488. The fraction of sp³-hybridized carbons (Fsp3) is 0.200. The fourth-order valence-corrected chi connectivity index (χ4v) is 2.21. The maximum Gasteiger partial charge on any atom is 0.416 e. The van der Waals surface area contributed by atoms with E-state index in [4.69, 9.17) is 4.42 Å². The summed E-state index contributed by atoms with van der Waals surface area (Å²) >= 11 is 6.29. The maximum atomic E-state index is 12.5. The summed E-state index contributed by atoms with van der Waals surface area (Å²) in [4.78, 5) is 0. The normalized spacial score (nSPS) is 12.3. The zero-order valence-corrected chi connectivity index (χ0v) is 10.9. The summed E-state index contributed by atoms with van der Waals surface area (Å²) in [5.74, 6) is 0.593. The van der Waals surface area contributed by atoms with E-state index in [1.54, 1.807) is 6.07 Å². The molecule has 6 heteroatoms. The molecular formula is C10H5Br2F3O. The van der Waals surface area contributed by atoms with Crippen LogP contribution in [0.5, 0.6) is 0 Å². The van der Waals surface area contributed by atoms with E-state index in [0.29, 0.717) is 20.9 Å². The molecule has 0 fully saturated rings. The summed E-state index contributed by atoms with van der Waals surface area (Å²) < 4.78 is 43.2. The third-order valence-electron chi connectivity index (χ3n) is 2.10. The third-order valence-corrected chi connectivity index (χ3v) is 3.31. The highest BCUT2D eigenvalue weighted by Gasteiger charge is 2.31. The van der Waals surface area contributed by atoms with Crippen LogP contribution in [0, 0.1) is 0 Å². The molecule has 0 N–H and O–H groups in total. The molecule has 0 aliphatic heterocycles. The van der Waals surface area contributed by atoms with Crippen molar-refractivity contribution in [2.75, 3.05) is 0 Å². The van der Waals surface area contributed by atoms with Crippen LogP contribution < -0.4 is 0 Å². The highest BCUT2D eigenvalue weighted by molar-refractivity contribution is 9.10. The van der Waals surface area contributed by atoms with Crippen molar-refractivity contribution >= 4 is 42.8 Å². The highest BCUT2D eigenvalue weighted by Crippen LogP contribution is 2.36. The smallest absolute Gasteiger partial charge is 0.416 e. The summed E-state index contributed by atoms with van der Waals surface area (Å²) in [7, 11) is 0. The topological polar surface area (TPSA) is 13.1 Å². The highest BCUT2D eigenvalue weighted by atomic mass is 79.9. The second-order valence-corrected chi connectivity index (χ2v) is 4.63. The lowest BCUT2D eigenvalue weighted by Gasteiger charge is -2.06. The van der Waals surface area contributed by atoms with Gasteiger partial charge in [-0.1, -0.05) is 31.9 Å². The van der Waals surface area contributed by atoms with Gasteiger partial charge in [0, 0.05) is 9.86 Å². The molecule has 0 saturated heterocycles. The zero-order valence-electron chi connectivity index (χ0n) is 7.74. The number of alkyl halides is 4. The standard InChI is InChI=1S/C10H5Br2F3O/c11-4-6-3-7-8(12)1-5(10(13,14)15)2-9(7)16-6/h1-3H,4H2. The maximum absolute atomic E-state index is 12.5. The molecule has 1 heterocycles. The number of benzene rings is 1. The molecule has 0 amide bonds. The van der Waals surface area contributed by atoms with E-state index in [2.05, 4.69) is 31.9 Å². The van der Waals surface area contributed by atoms with Crippen LogP contribution in [0.2, 0.25) is 0 Å². The number of furan rings is 1. The minimum atomic E-state index is -4.36. The summed E-state index contributed by atoms with van der Waals surface area (Å²) in [6.45, 7) is 0. The van der Waals surface area contributed by atoms with E-state index in [0.717, 1.165) is 12.1 Å². The van der Waals surface area contributed by atoms with E-state index >= 15 is 0 Å². The Balaban J connectivity index is 2.67. The SMILES string of the molecule is FC(F)(F)c1cc(Br)c2cc(CBr)oc2c1. The molecule has 1 aromatic carbocycles. The van der Waals surface area contributed by atoms with Crippen LogP contribution in [0.1, 0.15) is 11.3 Å². The second kappa shape index (κ2) is 4.07. The van der Waals surface area contributed by atoms with Gasteiger partial charge in [0.05, 0.1) is 10.9 Å².